The van der Waals surface area contributed by atoms with Crippen molar-refractivity contribution >= 4 is 17.9 Å². The average molecular weight is 868 g/mol. The van der Waals surface area contributed by atoms with E-state index in [0.29, 0.717) is 12.8 Å². The predicted octanol–water partition coefficient (Wildman–Crippen LogP) is -0.829. The van der Waals surface area contributed by atoms with E-state index in [1.807, 2.05) is 13.0 Å². The van der Waals surface area contributed by atoms with Gasteiger partial charge in [-0.15, -0.1) is 0 Å². The number of carboxylic acid groups (broad SMARTS) is 2. The monoisotopic (exact) mass is 867 g/mol. The van der Waals surface area contributed by atoms with Crippen LogP contribution in [-0.2, 0) is 47.5 Å². The van der Waals surface area contributed by atoms with Crippen LogP contribution in [0, 0.1) is 11.8 Å². The second kappa shape index (κ2) is 24.8. The smallest absolute Gasteiger partial charge is 0.335 e. The van der Waals surface area contributed by atoms with Gasteiger partial charge in [0.25, 0.3) is 0 Å². The molecular weight excluding hydrogens is 798 g/mol. The maximum Gasteiger partial charge on any atom is 0.335 e. The third kappa shape index (κ3) is 15.3. The van der Waals surface area contributed by atoms with E-state index in [1.54, 1.807) is 58.0 Å². The number of allylic oxidation sites excluding steroid dienone is 2. The van der Waals surface area contributed by atoms with Crippen molar-refractivity contribution in [3.63, 3.8) is 0 Å². The molecule has 3 rings (SSSR count). The van der Waals surface area contributed by atoms with Crippen molar-refractivity contribution in [2.75, 3.05) is 34.9 Å². The van der Waals surface area contributed by atoms with Gasteiger partial charge in [-0.25, -0.2) is 9.59 Å². The highest BCUT2D eigenvalue weighted by Crippen LogP contribution is 2.37. The molecule has 9 N–H and O–H groups in total. The molecule has 0 aliphatic carbocycles. The zero-order valence-electron chi connectivity index (χ0n) is 35.9. The highest BCUT2D eigenvalue weighted by molar-refractivity contribution is 5.83. The summed E-state index contributed by atoms with van der Waals surface area (Å²) in [7, 11) is 6.53. The lowest BCUT2D eigenvalue weighted by Crippen LogP contribution is -2.65. The molecule has 20 nitrogen and oxygen atoms in total. The Kier molecular flexibility index (Phi) is 22.1. The number of aliphatic hydroxyl groups is 7. The first kappa shape index (κ1) is 53.5. The summed E-state index contributed by atoms with van der Waals surface area (Å²) in [6, 6.07) is -0.670. The first-order valence-corrected chi connectivity index (χ1v) is 20.1. The van der Waals surface area contributed by atoms with Gasteiger partial charge in [-0.2, -0.15) is 0 Å². The molecule has 0 aromatic heterocycles. The fourth-order valence-corrected chi connectivity index (χ4v) is 7.60. The van der Waals surface area contributed by atoms with Crippen molar-refractivity contribution in [2.45, 2.75) is 164 Å². The Balaban J connectivity index is 0.00000109. The van der Waals surface area contributed by atoms with Gasteiger partial charge in [0.05, 0.1) is 48.6 Å². The summed E-state index contributed by atoms with van der Waals surface area (Å²) in [5, 5.41) is 86.9. The SMILES string of the molecule is COC1CC(=O)OC(C)CC=CC=CC(O)C(C)CC(CCO)C(OC2OC(C)C(OC3CC(C)(O)C(O)C(C)O3)C(N(C)C)C2O)C1OC.O=C(O)C(O)C(O)C(=O)O. The minimum Gasteiger partial charge on any atom is -0.479 e. The number of aliphatic carboxylic acids is 2. The van der Waals surface area contributed by atoms with Gasteiger partial charge in [0.2, 0.25) is 0 Å². The van der Waals surface area contributed by atoms with E-state index in [9.17, 15) is 39.9 Å². The number of ether oxygens (including phenoxy) is 7. The number of carbonyl (C=O) groups is 3. The third-order valence-corrected chi connectivity index (χ3v) is 11.0. The standard InChI is InChI=1S/C36H63NO13.C4H6O6/c1-20-17-24(15-16-38)32(33(45-9)26(44-8)18-27(40)46-21(2)13-11-10-12-14-25(20)39)50-35-30(41)29(37(6)7)31(22(3)48-35)49-28-19-36(5,43)34(42)23(4)47-28;5-1(3(7)8)2(6)4(9)10/h10-12,14,20-26,28-35,38-39,41-43H,13,15-19H2,1-9H3;1-2,5-6H,(H,7,8)(H,9,10). The molecular formula is C40H69NO19. The third-order valence-electron chi connectivity index (χ3n) is 11.0. The molecule has 0 spiro atoms. The number of carboxylic acids is 2. The molecule has 0 amide bonds. The zero-order valence-corrected chi connectivity index (χ0v) is 35.9. The number of esters is 1. The molecule has 2 saturated heterocycles. The highest BCUT2D eigenvalue weighted by Gasteiger charge is 2.52. The first-order chi connectivity index (χ1) is 28.0. The van der Waals surface area contributed by atoms with Gasteiger partial charge in [-0.1, -0.05) is 31.2 Å². The summed E-state index contributed by atoms with van der Waals surface area (Å²) in [4.78, 5) is 34.4. The lowest BCUT2D eigenvalue weighted by Gasteiger charge is -2.50. The van der Waals surface area contributed by atoms with Gasteiger partial charge < -0.3 is 84.0 Å². The number of hydrogen-bond acceptors (Lipinski definition) is 18. The molecule has 3 heterocycles. The van der Waals surface area contributed by atoms with Gasteiger partial charge in [-0.05, 0) is 66.5 Å². The fraction of sp³-hybridized carbons (Fsp3) is 0.825. The summed E-state index contributed by atoms with van der Waals surface area (Å²) >= 11 is 0. The maximum absolute atomic E-state index is 13.1. The molecule has 18 unspecified atom stereocenters. The molecule has 0 aromatic carbocycles. The Hall–Kier alpha value is -2.67. The number of rotatable bonds is 12. The molecule has 3 aliphatic heterocycles. The number of methoxy groups -OCH3 is 2. The quantitative estimate of drug-likeness (QED) is 0.108. The summed E-state index contributed by atoms with van der Waals surface area (Å²) in [6.45, 7) is 8.47. The van der Waals surface area contributed by atoms with Crippen LogP contribution < -0.4 is 0 Å². The minimum absolute atomic E-state index is 0.00740. The lowest BCUT2D eigenvalue weighted by atomic mass is 9.82. The van der Waals surface area contributed by atoms with Crippen molar-refractivity contribution in [1.29, 1.82) is 0 Å². The summed E-state index contributed by atoms with van der Waals surface area (Å²) < 4.78 is 42.7. The predicted molar refractivity (Wildman–Crippen MR) is 210 cm³/mol. The number of cyclic esters (lactones) is 1. The minimum atomic E-state index is -2.27. The van der Waals surface area contributed by atoms with Crippen LogP contribution in [0.2, 0.25) is 0 Å². The van der Waals surface area contributed by atoms with Crippen LogP contribution in [0.15, 0.2) is 24.3 Å². The fourth-order valence-electron chi connectivity index (χ4n) is 7.60. The second-order valence-corrected chi connectivity index (χ2v) is 16.2. The maximum atomic E-state index is 13.1. The van der Waals surface area contributed by atoms with Crippen molar-refractivity contribution in [2.24, 2.45) is 11.8 Å². The lowest BCUT2D eigenvalue weighted by molar-refractivity contribution is -0.344. The normalized spacial score (nSPS) is 39.5. The number of aliphatic hydroxyl groups excluding tert-OH is 6. The second-order valence-electron chi connectivity index (χ2n) is 16.2. The Labute approximate surface area is 351 Å². The van der Waals surface area contributed by atoms with Gasteiger partial charge in [-0.3, -0.25) is 4.79 Å². The van der Waals surface area contributed by atoms with Crippen molar-refractivity contribution in [1.82, 2.24) is 4.90 Å². The van der Waals surface area contributed by atoms with E-state index in [-0.39, 0.29) is 31.8 Å². The van der Waals surface area contributed by atoms with Crippen LogP contribution in [-0.4, -0.2) is 201 Å². The van der Waals surface area contributed by atoms with Gasteiger partial charge in [0.15, 0.2) is 24.8 Å². The van der Waals surface area contributed by atoms with Crippen molar-refractivity contribution < 1.29 is 93.5 Å². The van der Waals surface area contributed by atoms with Gasteiger partial charge >= 0.3 is 17.9 Å². The Morgan fingerprint density at radius 3 is 2.05 bits per heavy atom. The van der Waals surface area contributed by atoms with Crippen LogP contribution >= 0.6 is 0 Å². The molecule has 20 heteroatoms. The first-order valence-electron chi connectivity index (χ1n) is 20.1. The molecule has 2 fully saturated rings. The van der Waals surface area contributed by atoms with E-state index in [4.69, 9.17) is 53.6 Å². The molecule has 0 aromatic rings. The van der Waals surface area contributed by atoms with Crippen LogP contribution in [0.3, 0.4) is 0 Å². The van der Waals surface area contributed by atoms with E-state index >= 15 is 0 Å². The van der Waals surface area contributed by atoms with Crippen molar-refractivity contribution in [3.05, 3.63) is 24.3 Å². The Morgan fingerprint density at radius 1 is 0.917 bits per heavy atom. The topological polar surface area (TPSA) is 301 Å². The molecule has 60 heavy (non-hydrogen) atoms. The summed E-state index contributed by atoms with van der Waals surface area (Å²) in [5.74, 6) is -4.73. The number of likely N-dealkylation sites (N-methyl/N-ethyl adjacent to an activating group) is 1. The van der Waals surface area contributed by atoms with Crippen LogP contribution in [0.4, 0.5) is 0 Å². The van der Waals surface area contributed by atoms with Crippen LogP contribution in [0.5, 0.6) is 0 Å². The molecule has 0 radical (unpaired) electrons. The zero-order chi connectivity index (χ0) is 45.6. The van der Waals surface area contributed by atoms with Gasteiger partial charge in [0.1, 0.15) is 30.5 Å². The van der Waals surface area contributed by atoms with E-state index < -0.39 is 121 Å². The number of hydrogen-bond donors (Lipinski definition) is 9. The summed E-state index contributed by atoms with van der Waals surface area (Å²) in [5.41, 5.74) is -1.44. The molecule has 0 bridgehead atoms. The number of nitrogens with zero attached hydrogens (tertiary/aromatic N) is 1. The molecule has 18 atom stereocenters. The molecule has 348 valence electrons. The Bertz CT molecular complexity index is 1360. The highest BCUT2D eigenvalue weighted by atomic mass is 16.7. The van der Waals surface area contributed by atoms with Gasteiger partial charge in [0, 0.05) is 33.7 Å². The van der Waals surface area contributed by atoms with E-state index in [2.05, 4.69) is 0 Å². The largest absolute Gasteiger partial charge is 0.479 e. The van der Waals surface area contributed by atoms with Crippen LogP contribution in [0.25, 0.3) is 0 Å². The van der Waals surface area contributed by atoms with Crippen molar-refractivity contribution in [3.8, 4) is 0 Å². The summed E-state index contributed by atoms with van der Waals surface area (Å²) in [6.07, 6.45) is -6.76. The Morgan fingerprint density at radius 2 is 1.53 bits per heavy atom. The van der Waals surface area contributed by atoms with E-state index in [0.717, 1.165) is 0 Å². The molecule has 0 saturated carbocycles. The van der Waals surface area contributed by atoms with Crippen LogP contribution in [0.1, 0.15) is 66.7 Å². The average Bonchev–Trinajstić information content (AvgIpc) is 3.16. The van der Waals surface area contributed by atoms with E-state index in [1.165, 1.54) is 21.1 Å². The number of carbonyl (C=O) groups excluding carboxylic acids is 1. The molecule has 3 aliphatic rings.